The van der Waals surface area contributed by atoms with Crippen molar-refractivity contribution in [2.75, 3.05) is 12.4 Å². The van der Waals surface area contributed by atoms with Crippen LogP contribution in [0.25, 0.3) is 0 Å². The first-order valence-electron chi connectivity index (χ1n) is 6.27. The van der Waals surface area contributed by atoms with E-state index >= 15 is 0 Å². The number of hydrogen-bond donors (Lipinski definition) is 4. The van der Waals surface area contributed by atoms with Crippen LogP contribution in [-0.2, 0) is 9.59 Å². The summed E-state index contributed by atoms with van der Waals surface area (Å²) >= 11 is 0.581. The first-order chi connectivity index (χ1) is 9.79. The summed E-state index contributed by atoms with van der Waals surface area (Å²) in [5.41, 5.74) is 6.73. The van der Waals surface area contributed by atoms with Crippen LogP contribution in [-0.4, -0.2) is 66.2 Å². The van der Waals surface area contributed by atoms with Crippen molar-refractivity contribution in [3.63, 3.8) is 0 Å². The van der Waals surface area contributed by atoms with E-state index in [4.69, 9.17) is 15.9 Å². The minimum Gasteiger partial charge on any atom is -0.481 e. The van der Waals surface area contributed by atoms with Crippen molar-refractivity contribution in [2.24, 2.45) is 5.73 Å². The summed E-state index contributed by atoms with van der Waals surface area (Å²) in [5.74, 6) is -2.20. The Morgan fingerprint density at radius 3 is 2.24 bits per heavy atom. The molecule has 0 fully saturated rings. The number of aliphatic carboxylic acids is 2. The molecule has 0 amide bonds. The molecule has 0 aliphatic carbocycles. The summed E-state index contributed by atoms with van der Waals surface area (Å²) in [4.78, 5) is 30.9. The number of anilines is 1. The molecule has 0 radical (unpaired) electrons. The fraction of sp³-hybridized carbons (Fsp3) is 0.308. The molecule has 21 heavy (non-hydrogen) atoms. The first-order valence-corrected chi connectivity index (χ1v) is 7.27. The summed E-state index contributed by atoms with van der Waals surface area (Å²) in [6, 6.07) is 6.49. The maximum absolute atomic E-state index is 11.0. The number of rotatable bonds is 6. The molecule has 0 spiro atoms. The van der Waals surface area contributed by atoms with Gasteiger partial charge in [-0.2, -0.15) is 0 Å². The largest absolute Gasteiger partial charge is 0.481 e. The Balaban J connectivity index is 0.000000384. The van der Waals surface area contributed by atoms with Gasteiger partial charge in [0.05, 0.1) is 0 Å². The molecular weight excluding hydrogens is 287 g/mol. The van der Waals surface area contributed by atoms with Gasteiger partial charge in [-0.1, -0.05) is 0 Å². The molecule has 0 aromatic heterocycles. The molecule has 5 N–H and O–H groups in total. The normalized spacial score (nSPS) is 10.9. The molecule has 8 heteroatoms. The fourth-order valence-electron chi connectivity index (χ4n) is 1.41. The smallest absolute Gasteiger partial charge is 0.320 e. The molecule has 0 aliphatic rings. The van der Waals surface area contributed by atoms with Crippen LogP contribution in [0.3, 0.4) is 0 Å². The Kier molecular flexibility index (Phi) is 9.64. The number of para-hydroxylation sites is 1. The summed E-state index contributed by atoms with van der Waals surface area (Å²) in [6.45, 7) is 0. The Hall–Kier alpha value is -1.41. The molecule has 0 saturated heterocycles. The fourth-order valence-corrected chi connectivity index (χ4v) is 1.85. The number of benzene rings is 1. The van der Waals surface area contributed by atoms with E-state index in [1.54, 1.807) is 0 Å². The van der Waals surface area contributed by atoms with Gasteiger partial charge in [-0.3, -0.25) is 9.59 Å². The van der Waals surface area contributed by atoms with E-state index < -0.39 is 18.0 Å². The molecule has 110 valence electrons. The van der Waals surface area contributed by atoms with Crippen molar-refractivity contribution in [2.45, 2.75) is 18.9 Å². The second kappa shape index (κ2) is 10.3. The summed E-state index contributed by atoms with van der Waals surface area (Å²) in [5, 5.41) is 19.3. The number of carboxylic acid groups (broad SMARTS) is 2. The topological polar surface area (TPSA) is 130 Å². The van der Waals surface area contributed by atoms with Crippen LogP contribution >= 0.6 is 0 Å². The second-order valence-corrected chi connectivity index (χ2v) is 5.14. The number of hydrogen-bond acceptors (Lipinski definition) is 5. The minimum atomic E-state index is -1.17. The van der Waals surface area contributed by atoms with Crippen LogP contribution in [0.4, 0.5) is 5.69 Å². The zero-order valence-corrected chi connectivity index (χ0v) is 14.0. The zero-order valence-electron chi connectivity index (χ0n) is 12.0. The molecule has 1 atom stereocenters. The van der Waals surface area contributed by atoms with E-state index in [0.717, 1.165) is 11.3 Å². The van der Waals surface area contributed by atoms with Crippen molar-refractivity contribution in [3.05, 3.63) is 29.8 Å². The predicted octanol–water partition coefficient (Wildman–Crippen LogP) is 0.300. The average Bonchev–Trinajstić information content (AvgIpc) is 2.44. The Bertz CT molecular complexity index is 507. The van der Waals surface area contributed by atoms with Crippen LogP contribution in [0.2, 0.25) is 0 Å². The molecule has 1 aromatic rings. The van der Waals surface area contributed by atoms with Gasteiger partial charge in [-0.05, 0) is 6.42 Å². The van der Waals surface area contributed by atoms with E-state index in [2.05, 4.69) is 5.32 Å². The van der Waals surface area contributed by atoms with Gasteiger partial charge in [0.1, 0.15) is 6.04 Å². The van der Waals surface area contributed by atoms with Crippen molar-refractivity contribution in [3.8, 4) is 0 Å². The SMILES string of the molecule is CNc1ccccc1[C](=O)[Na].NC(CCC(=O)O)C(=O)O. The maximum Gasteiger partial charge on any atom is 0.320 e. The molecule has 0 bridgehead atoms. The summed E-state index contributed by atoms with van der Waals surface area (Å²) in [7, 11) is 1.82. The summed E-state index contributed by atoms with van der Waals surface area (Å²) in [6.07, 6.45) is -0.224. The van der Waals surface area contributed by atoms with Crippen LogP contribution in [0.1, 0.15) is 23.2 Å². The van der Waals surface area contributed by atoms with Crippen LogP contribution in [0.5, 0.6) is 0 Å². The maximum atomic E-state index is 11.0. The van der Waals surface area contributed by atoms with Gasteiger partial charge in [-0.15, -0.1) is 0 Å². The molecule has 0 heterocycles. The van der Waals surface area contributed by atoms with E-state index in [1.807, 2.05) is 31.3 Å². The van der Waals surface area contributed by atoms with Crippen LogP contribution in [0, 0.1) is 0 Å². The third-order valence-electron chi connectivity index (χ3n) is 2.56. The van der Waals surface area contributed by atoms with E-state index in [-0.39, 0.29) is 15.9 Å². The Morgan fingerprint density at radius 2 is 1.86 bits per heavy atom. The molecule has 1 rings (SSSR count). The van der Waals surface area contributed by atoms with Gasteiger partial charge in [0, 0.05) is 6.42 Å². The molecule has 0 saturated carbocycles. The average molecular weight is 304 g/mol. The Labute approximate surface area is 139 Å². The monoisotopic (exact) mass is 304 g/mol. The molecule has 1 unspecified atom stereocenters. The number of nitrogens with two attached hydrogens (primary N) is 1. The number of carboxylic acids is 2. The van der Waals surface area contributed by atoms with Gasteiger partial charge in [0.25, 0.3) is 0 Å². The first kappa shape index (κ1) is 19.6. The number of nitrogens with one attached hydrogen (secondary N) is 1. The standard InChI is InChI=1S/C8H8NO.C5H9NO4.Na/c1-9-8-5-3-2-4-7(8)6-10;6-3(5(9)10)1-2-4(7)8;/h2-5,9H,1H3;3H,1-2,6H2,(H,7,8)(H,9,10);. The van der Waals surface area contributed by atoms with Gasteiger partial charge in [0.2, 0.25) is 0 Å². The van der Waals surface area contributed by atoms with Crippen molar-refractivity contribution in [1.82, 2.24) is 0 Å². The van der Waals surface area contributed by atoms with Crippen molar-refractivity contribution >= 4 is 48.6 Å². The zero-order chi connectivity index (χ0) is 16.4. The second-order valence-electron chi connectivity index (χ2n) is 4.23. The van der Waals surface area contributed by atoms with Crippen LogP contribution in [0.15, 0.2) is 24.3 Å². The molecular formula is C13H17N2NaO5. The summed E-state index contributed by atoms with van der Waals surface area (Å²) < 4.78 is 0.231. The van der Waals surface area contributed by atoms with Gasteiger partial charge in [0.15, 0.2) is 0 Å². The number of carbonyl (C=O) groups is 3. The van der Waals surface area contributed by atoms with E-state index in [0.29, 0.717) is 27.9 Å². The third kappa shape index (κ3) is 8.46. The number of carbonyl (C=O) groups excluding carboxylic acids is 1. The minimum absolute atomic E-state index is 0.0231. The van der Waals surface area contributed by atoms with Gasteiger partial charge in [-0.25, -0.2) is 0 Å². The van der Waals surface area contributed by atoms with Crippen molar-refractivity contribution in [1.29, 1.82) is 0 Å². The van der Waals surface area contributed by atoms with E-state index in [1.165, 1.54) is 0 Å². The third-order valence-corrected chi connectivity index (χ3v) is 3.10. The molecule has 1 aromatic carbocycles. The Morgan fingerprint density at radius 1 is 1.29 bits per heavy atom. The molecule has 7 nitrogen and oxygen atoms in total. The van der Waals surface area contributed by atoms with E-state index in [9.17, 15) is 14.4 Å². The molecule has 0 aliphatic heterocycles. The van der Waals surface area contributed by atoms with Gasteiger partial charge >= 0.3 is 95.6 Å². The van der Waals surface area contributed by atoms with Crippen molar-refractivity contribution < 1.29 is 24.6 Å². The van der Waals surface area contributed by atoms with Crippen LogP contribution < -0.4 is 11.1 Å². The quantitative estimate of drug-likeness (QED) is 0.556. The predicted molar refractivity (Wildman–Crippen MR) is 78.6 cm³/mol. The van der Waals surface area contributed by atoms with Gasteiger partial charge < -0.3 is 15.9 Å².